The van der Waals surface area contributed by atoms with E-state index in [2.05, 4.69) is 25.0 Å². The molecule has 1 aliphatic rings. The molecule has 1 fully saturated rings. The highest BCUT2D eigenvalue weighted by molar-refractivity contribution is 6.32. The largest absolute Gasteiger partial charge is 0.574 e. The van der Waals surface area contributed by atoms with Crippen LogP contribution in [0.5, 0.6) is 5.88 Å². The number of carbonyl (C=O) groups excluding carboxylic acids is 2. The molecule has 0 saturated heterocycles. The van der Waals surface area contributed by atoms with Crippen molar-refractivity contribution in [1.82, 2.24) is 20.3 Å². The van der Waals surface area contributed by atoms with E-state index in [0.29, 0.717) is 4.90 Å². The van der Waals surface area contributed by atoms with Gasteiger partial charge in [-0.3, -0.25) is 14.5 Å². The van der Waals surface area contributed by atoms with E-state index in [1.807, 2.05) is 0 Å². The van der Waals surface area contributed by atoms with Gasteiger partial charge in [-0.25, -0.2) is 28.1 Å². The van der Waals surface area contributed by atoms with Crippen molar-refractivity contribution >= 4 is 29.1 Å². The quantitative estimate of drug-likeness (QED) is 0.436. The number of nitrogens with one attached hydrogen (secondary N) is 1. The van der Waals surface area contributed by atoms with Crippen molar-refractivity contribution in [1.29, 1.82) is 0 Å². The molecule has 190 valence electrons. The van der Waals surface area contributed by atoms with Crippen LogP contribution in [0.15, 0.2) is 37.1 Å². The van der Waals surface area contributed by atoms with Crippen molar-refractivity contribution in [2.75, 3.05) is 4.90 Å². The minimum absolute atomic E-state index is 0.0552. The van der Waals surface area contributed by atoms with Crippen molar-refractivity contribution in [2.45, 2.75) is 55.7 Å². The molecule has 2 amide bonds. The molecule has 1 aliphatic carbocycles. The summed E-state index contributed by atoms with van der Waals surface area (Å²) in [4.78, 5) is 37.9. The van der Waals surface area contributed by atoms with Gasteiger partial charge in [-0.1, -0.05) is 11.6 Å². The van der Waals surface area contributed by atoms with Gasteiger partial charge in [0, 0.05) is 42.9 Å². The second kappa shape index (κ2) is 9.84. The highest BCUT2D eigenvalue weighted by Gasteiger charge is 2.49. The smallest absolute Gasteiger partial charge is 0.388 e. The number of hydrogen-bond acceptors (Lipinski definition) is 6. The third-order valence-electron chi connectivity index (χ3n) is 5.36. The average molecular weight is 526 g/mol. The third-order valence-corrected chi connectivity index (χ3v) is 5.54. The number of rotatable bonds is 7. The number of alkyl halides is 7. The molecule has 0 spiro atoms. The van der Waals surface area contributed by atoms with Gasteiger partial charge < -0.3 is 10.1 Å². The van der Waals surface area contributed by atoms with Gasteiger partial charge in [-0.15, -0.1) is 13.2 Å². The lowest BCUT2D eigenvalue weighted by molar-refractivity contribution is -0.276. The SMILES string of the molecule is C[C@](C(=O)N[C@H]1CCC(F)(F)C1)(c1cncnc1)N(C(=O)[C@H](F)Cl)c1ccc(OC(F)(F)F)nc1. The first-order valence-corrected chi connectivity index (χ1v) is 10.4. The van der Waals surface area contributed by atoms with E-state index < -0.39 is 60.0 Å². The summed E-state index contributed by atoms with van der Waals surface area (Å²) in [5, 5.41) is 2.43. The number of hydrogen-bond donors (Lipinski definition) is 1. The van der Waals surface area contributed by atoms with E-state index in [9.17, 15) is 35.9 Å². The van der Waals surface area contributed by atoms with Crippen molar-refractivity contribution in [2.24, 2.45) is 0 Å². The molecule has 35 heavy (non-hydrogen) atoms. The van der Waals surface area contributed by atoms with Gasteiger partial charge in [-0.05, 0) is 19.4 Å². The molecule has 0 aromatic carbocycles. The normalized spacial score (nSPS) is 19.9. The first kappa shape index (κ1) is 26.4. The van der Waals surface area contributed by atoms with Crippen LogP contribution in [0.25, 0.3) is 0 Å². The molecule has 2 aromatic heterocycles. The summed E-state index contributed by atoms with van der Waals surface area (Å²) in [5.74, 6) is -6.37. The number of carbonyl (C=O) groups is 2. The van der Waals surface area contributed by atoms with Crippen LogP contribution in [0.1, 0.15) is 31.7 Å². The van der Waals surface area contributed by atoms with Gasteiger partial charge in [0.15, 0.2) is 5.54 Å². The van der Waals surface area contributed by atoms with Gasteiger partial charge in [0.1, 0.15) is 6.33 Å². The molecule has 8 nitrogen and oxygen atoms in total. The Morgan fingerprint density at radius 3 is 2.37 bits per heavy atom. The Labute approximate surface area is 199 Å². The molecule has 3 atom stereocenters. The Bertz CT molecular complexity index is 1060. The number of amides is 2. The summed E-state index contributed by atoms with van der Waals surface area (Å²) >= 11 is 5.38. The van der Waals surface area contributed by atoms with E-state index >= 15 is 0 Å². The molecule has 2 heterocycles. The lowest BCUT2D eigenvalue weighted by Gasteiger charge is -2.40. The van der Waals surface area contributed by atoms with Crippen LogP contribution in [0.2, 0.25) is 0 Å². The summed E-state index contributed by atoms with van der Waals surface area (Å²) < 4.78 is 82.6. The highest BCUT2D eigenvalue weighted by atomic mass is 35.5. The first-order chi connectivity index (χ1) is 16.2. The molecule has 1 saturated carbocycles. The van der Waals surface area contributed by atoms with Gasteiger partial charge >= 0.3 is 6.36 Å². The summed E-state index contributed by atoms with van der Waals surface area (Å²) in [6, 6.07) is 0.697. The summed E-state index contributed by atoms with van der Waals surface area (Å²) in [6.07, 6.45) is -2.13. The number of anilines is 1. The Kier molecular flexibility index (Phi) is 7.43. The average Bonchev–Trinajstić information content (AvgIpc) is 3.12. The van der Waals surface area contributed by atoms with E-state index in [1.165, 1.54) is 0 Å². The summed E-state index contributed by atoms with van der Waals surface area (Å²) in [7, 11) is 0. The molecule has 2 aromatic rings. The number of halogens is 7. The van der Waals surface area contributed by atoms with Crippen molar-refractivity contribution in [3.63, 3.8) is 0 Å². The van der Waals surface area contributed by atoms with Crippen LogP contribution in [-0.2, 0) is 15.1 Å². The van der Waals surface area contributed by atoms with Crippen molar-refractivity contribution in [3.05, 3.63) is 42.6 Å². The fourth-order valence-electron chi connectivity index (χ4n) is 3.70. The van der Waals surface area contributed by atoms with E-state index in [4.69, 9.17) is 11.6 Å². The third kappa shape index (κ3) is 6.10. The zero-order valence-corrected chi connectivity index (χ0v) is 18.7. The second-order valence-electron chi connectivity index (χ2n) is 7.85. The van der Waals surface area contributed by atoms with Gasteiger partial charge in [0.25, 0.3) is 17.4 Å². The van der Waals surface area contributed by atoms with E-state index in [1.54, 1.807) is 0 Å². The molecule has 0 bridgehead atoms. The number of ether oxygens (including phenoxy) is 1. The lowest BCUT2D eigenvalue weighted by atomic mass is 9.89. The van der Waals surface area contributed by atoms with Crippen molar-refractivity contribution in [3.8, 4) is 5.88 Å². The maximum atomic E-state index is 14.1. The Hall–Kier alpha value is -3.16. The van der Waals surface area contributed by atoms with Crippen LogP contribution in [0.4, 0.5) is 32.0 Å². The van der Waals surface area contributed by atoms with Crippen LogP contribution < -0.4 is 15.0 Å². The monoisotopic (exact) mass is 525 g/mol. The molecular weight excluding hydrogens is 508 g/mol. The fourth-order valence-corrected chi connectivity index (χ4v) is 3.80. The van der Waals surface area contributed by atoms with Gasteiger partial charge in [0.2, 0.25) is 11.8 Å². The standard InChI is InChI=1S/C20H18ClF6N5O3/c1-18(11-7-28-10-29-8-11,17(34)31-12-4-5-19(23,24)6-12)32(16(33)15(21)22)13-2-3-14(30-9-13)35-20(25,26)27/h2-3,7-10,12,15H,4-6H2,1H3,(H,31,34)/t12-,15-,18+/m0/s1. The Balaban J connectivity index is 2.07. The molecule has 3 rings (SSSR count). The zero-order chi connectivity index (χ0) is 26.0. The van der Waals surface area contributed by atoms with Gasteiger partial charge in [0.05, 0.1) is 11.9 Å². The Morgan fingerprint density at radius 1 is 1.23 bits per heavy atom. The van der Waals surface area contributed by atoms with Crippen LogP contribution in [0, 0.1) is 0 Å². The zero-order valence-electron chi connectivity index (χ0n) is 17.9. The predicted octanol–water partition coefficient (Wildman–Crippen LogP) is 3.86. The van der Waals surface area contributed by atoms with E-state index in [-0.39, 0.29) is 17.7 Å². The minimum atomic E-state index is -5.05. The van der Waals surface area contributed by atoms with Crippen LogP contribution >= 0.6 is 11.6 Å². The maximum Gasteiger partial charge on any atom is 0.574 e. The molecule has 1 N–H and O–H groups in total. The summed E-state index contributed by atoms with van der Waals surface area (Å²) in [6.45, 7) is 1.16. The first-order valence-electron chi connectivity index (χ1n) is 10.0. The maximum absolute atomic E-state index is 14.1. The lowest BCUT2D eigenvalue weighted by Crippen LogP contribution is -2.59. The minimum Gasteiger partial charge on any atom is -0.388 e. The number of pyridine rings is 1. The van der Waals surface area contributed by atoms with E-state index in [0.717, 1.165) is 44.0 Å². The molecule has 0 radical (unpaired) electrons. The Morgan fingerprint density at radius 2 is 1.89 bits per heavy atom. The predicted molar refractivity (Wildman–Crippen MR) is 109 cm³/mol. The summed E-state index contributed by atoms with van der Waals surface area (Å²) in [5.41, 5.74) is -5.27. The molecule has 0 unspecified atom stereocenters. The highest BCUT2D eigenvalue weighted by Crippen LogP contribution is 2.38. The van der Waals surface area contributed by atoms with Crippen molar-refractivity contribution < 1.29 is 40.7 Å². The molecule has 15 heteroatoms. The topological polar surface area (TPSA) is 97.3 Å². The van der Waals surface area contributed by atoms with Gasteiger partial charge in [-0.2, -0.15) is 0 Å². The fraction of sp³-hybridized carbons (Fsp3) is 0.450. The second-order valence-corrected chi connectivity index (χ2v) is 8.23. The molecule has 0 aliphatic heterocycles. The van der Waals surface area contributed by atoms with Crippen LogP contribution in [0.3, 0.4) is 0 Å². The molecular formula is C20H18ClF6N5O3. The van der Waals surface area contributed by atoms with Crippen LogP contribution in [-0.4, -0.2) is 50.7 Å². The number of nitrogens with zero attached hydrogens (tertiary/aromatic N) is 4. The number of aromatic nitrogens is 3.